The highest BCUT2D eigenvalue weighted by atomic mass is 32.1. The van der Waals surface area contributed by atoms with Crippen molar-refractivity contribution in [1.29, 1.82) is 0 Å². The van der Waals surface area contributed by atoms with Crippen molar-refractivity contribution in [3.05, 3.63) is 35.3 Å². The van der Waals surface area contributed by atoms with E-state index in [-0.39, 0.29) is 0 Å². The Hall–Kier alpha value is -1.79. The molecule has 2 aromatic rings. The van der Waals surface area contributed by atoms with Crippen molar-refractivity contribution < 1.29 is 9.47 Å². The molecule has 5 nitrogen and oxygen atoms in total. The summed E-state index contributed by atoms with van der Waals surface area (Å²) in [6.45, 7) is 4.96. The molecule has 2 heterocycles. The van der Waals surface area contributed by atoms with Gasteiger partial charge in [-0.25, -0.2) is 4.98 Å². The molecule has 1 aliphatic heterocycles. The van der Waals surface area contributed by atoms with Crippen molar-refractivity contribution in [3.8, 4) is 11.5 Å². The summed E-state index contributed by atoms with van der Waals surface area (Å²) >= 11 is 1.71. The van der Waals surface area contributed by atoms with Crippen LogP contribution in [0, 0.1) is 0 Å². The average Bonchev–Trinajstić information content (AvgIpc) is 3.10. The van der Waals surface area contributed by atoms with Crippen molar-refractivity contribution >= 4 is 16.5 Å². The monoisotopic (exact) mass is 319 g/mol. The van der Waals surface area contributed by atoms with Crippen LogP contribution < -0.4 is 14.4 Å². The number of aromatic nitrogens is 1. The Morgan fingerprint density at radius 1 is 1.14 bits per heavy atom. The number of nitrogens with zero attached hydrogens (tertiary/aromatic N) is 3. The van der Waals surface area contributed by atoms with E-state index in [1.54, 1.807) is 25.6 Å². The van der Waals surface area contributed by atoms with Crippen LogP contribution in [0.15, 0.2) is 29.8 Å². The van der Waals surface area contributed by atoms with Crippen LogP contribution in [0.4, 0.5) is 5.13 Å². The van der Waals surface area contributed by atoms with E-state index in [9.17, 15) is 0 Å². The lowest BCUT2D eigenvalue weighted by atomic mass is 10.1. The highest BCUT2D eigenvalue weighted by molar-refractivity contribution is 7.13. The number of anilines is 1. The number of hydrogen-bond donors (Lipinski definition) is 0. The molecule has 6 heteroatoms. The Bertz CT molecular complexity index is 595. The van der Waals surface area contributed by atoms with Crippen molar-refractivity contribution in [2.45, 2.75) is 6.54 Å². The van der Waals surface area contributed by atoms with Crippen LogP contribution >= 0.6 is 11.3 Å². The first-order valence-electron chi connectivity index (χ1n) is 7.38. The zero-order valence-corrected chi connectivity index (χ0v) is 13.8. The molecule has 1 aromatic heterocycles. The molecule has 0 N–H and O–H groups in total. The van der Waals surface area contributed by atoms with Crippen LogP contribution in [0.1, 0.15) is 5.56 Å². The van der Waals surface area contributed by atoms with Gasteiger partial charge in [-0.3, -0.25) is 4.90 Å². The molecule has 0 saturated carbocycles. The van der Waals surface area contributed by atoms with Gasteiger partial charge in [-0.1, -0.05) is 0 Å². The van der Waals surface area contributed by atoms with Crippen molar-refractivity contribution in [2.24, 2.45) is 0 Å². The first kappa shape index (κ1) is 15.1. The molecule has 0 radical (unpaired) electrons. The van der Waals surface area contributed by atoms with Gasteiger partial charge in [0, 0.05) is 49.9 Å². The third-order valence-corrected chi connectivity index (χ3v) is 4.78. The van der Waals surface area contributed by atoms with Crippen LogP contribution in [0.25, 0.3) is 0 Å². The Morgan fingerprint density at radius 2 is 1.95 bits per heavy atom. The summed E-state index contributed by atoms with van der Waals surface area (Å²) in [7, 11) is 3.41. The Balaban J connectivity index is 1.63. The van der Waals surface area contributed by atoms with Gasteiger partial charge in [-0.15, -0.1) is 11.3 Å². The Labute approximate surface area is 135 Å². The van der Waals surface area contributed by atoms with E-state index in [4.69, 9.17) is 9.47 Å². The normalized spacial score (nSPS) is 15.8. The molecule has 1 aliphatic rings. The van der Waals surface area contributed by atoms with Crippen molar-refractivity contribution in [2.75, 3.05) is 45.3 Å². The van der Waals surface area contributed by atoms with E-state index >= 15 is 0 Å². The Kier molecular flexibility index (Phi) is 4.80. The molecule has 1 fully saturated rings. The third kappa shape index (κ3) is 3.34. The van der Waals surface area contributed by atoms with Crippen LogP contribution in [0.3, 0.4) is 0 Å². The number of piperazine rings is 1. The summed E-state index contributed by atoms with van der Waals surface area (Å²) in [5.74, 6) is 1.79. The van der Waals surface area contributed by atoms with E-state index in [1.807, 2.05) is 23.7 Å². The van der Waals surface area contributed by atoms with Gasteiger partial charge in [0.25, 0.3) is 0 Å². The lowest BCUT2D eigenvalue weighted by molar-refractivity contribution is 0.245. The summed E-state index contributed by atoms with van der Waals surface area (Å²) in [5.41, 5.74) is 1.17. The van der Waals surface area contributed by atoms with Gasteiger partial charge in [0.2, 0.25) is 0 Å². The lowest BCUT2D eigenvalue weighted by Crippen LogP contribution is -2.45. The van der Waals surface area contributed by atoms with Gasteiger partial charge in [-0.2, -0.15) is 0 Å². The van der Waals surface area contributed by atoms with Gasteiger partial charge >= 0.3 is 0 Å². The topological polar surface area (TPSA) is 37.8 Å². The molecule has 22 heavy (non-hydrogen) atoms. The van der Waals surface area contributed by atoms with Gasteiger partial charge in [0.1, 0.15) is 11.5 Å². The zero-order valence-electron chi connectivity index (χ0n) is 13.0. The smallest absolute Gasteiger partial charge is 0.185 e. The minimum absolute atomic E-state index is 0.872. The Morgan fingerprint density at radius 3 is 2.59 bits per heavy atom. The standard InChI is InChI=1S/C16H21N3O2S/c1-20-14-3-4-15(21-2)13(11-14)12-18-6-8-19(9-7-18)16-17-5-10-22-16/h3-5,10-11H,6-9,12H2,1-2H3. The average molecular weight is 319 g/mol. The van der Waals surface area contributed by atoms with Gasteiger partial charge < -0.3 is 14.4 Å². The summed E-state index contributed by atoms with van der Waals surface area (Å²) in [6, 6.07) is 5.97. The van der Waals surface area contributed by atoms with E-state index in [0.717, 1.165) is 49.4 Å². The fourth-order valence-corrected chi connectivity index (χ4v) is 3.41. The molecular weight excluding hydrogens is 298 g/mol. The maximum atomic E-state index is 5.47. The lowest BCUT2D eigenvalue weighted by Gasteiger charge is -2.34. The number of methoxy groups -OCH3 is 2. The molecule has 118 valence electrons. The molecule has 0 spiro atoms. The maximum absolute atomic E-state index is 5.47. The summed E-state index contributed by atoms with van der Waals surface area (Å²) in [6.07, 6.45) is 1.87. The largest absolute Gasteiger partial charge is 0.497 e. The van der Waals surface area contributed by atoms with Gasteiger partial charge in [0.15, 0.2) is 5.13 Å². The minimum atomic E-state index is 0.872. The predicted octanol–water partition coefficient (Wildman–Crippen LogP) is 2.48. The van der Waals surface area contributed by atoms with E-state index in [1.165, 1.54) is 5.56 Å². The highest BCUT2D eigenvalue weighted by Gasteiger charge is 2.19. The van der Waals surface area contributed by atoms with Crippen LogP contribution in [-0.2, 0) is 6.54 Å². The zero-order chi connectivity index (χ0) is 15.4. The van der Waals surface area contributed by atoms with Crippen molar-refractivity contribution in [1.82, 2.24) is 9.88 Å². The molecule has 0 amide bonds. The number of thiazole rings is 1. The summed E-state index contributed by atoms with van der Waals surface area (Å²) in [5, 5.41) is 3.15. The second-order valence-electron chi connectivity index (χ2n) is 5.26. The van der Waals surface area contributed by atoms with Crippen LogP contribution in [0.2, 0.25) is 0 Å². The first-order valence-corrected chi connectivity index (χ1v) is 8.26. The van der Waals surface area contributed by atoms with E-state index < -0.39 is 0 Å². The SMILES string of the molecule is COc1ccc(OC)c(CN2CCN(c3nccs3)CC2)c1. The maximum Gasteiger partial charge on any atom is 0.185 e. The summed E-state index contributed by atoms with van der Waals surface area (Å²) in [4.78, 5) is 9.19. The number of rotatable bonds is 5. The van der Waals surface area contributed by atoms with Gasteiger partial charge in [-0.05, 0) is 18.2 Å². The molecule has 0 bridgehead atoms. The molecule has 1 saturated heterocycles. The fraction of sp³-hybridized carbons (Fsp3) is 0.438. The quantitative estimate of drug-likeness (QED) is 0.846. The van der Waals surface area contributed by atoms with Gasteiger partial charge in [0.05, 0.1) is 14.2 Å². The van der Waals surface area contributed by atoms with Crippen molar-refractivity contribution in [3.63, 3.8) is 0 Å². The van der Waals surface area contributed by atoms with E-state index in [0.29, 0.717) is 0 Å². The van der Waals surface area contributed by atoms with Crippen LogP contribution in [0.5, 0.6) is 11.5 Å². The molecule has 0 unspecified atom stereocenters. The predicted molar refractivity (Wildman–Crippen MR) is 89.2 cm³/mol. The number of benzene rings is 1. The summed E-state index contributed by atoms with van der Waals surface area (Å²) < 4.78 is 10.8. The molecule has 0 atom stereocenters. The van der Waals surface area contributed by atoms with Crippen LogP contribution in [-0.4, -0.2) is 50.3 Å². The molecular formula is C16H21N3O2S. The highest BCUT2D eigenvalue weighted by Crippen LogP contribution is 2.26. The minimum Gasteiger partial charge on any atom is -0.497 e. The second kappa shape index (κ2) is 6.98. The number of hydrogen-bond acceptors (Lipinski definition) is 6. The number of ether oxygens (including phenoxy) is 2. The fourth-order valence-electron chi connectivity index (χ4n) is 2.72. The second-order valence-corrected chi connectivity index (χ2v) is 6.13. The van der Waals surface area contributed by atoms with E-state index in [2.05, 4.69) is 20.9 Å². The molecule has 0 aliphatic carbocycles. The molecule has 1 aromatic carbocycles. The third-order valence-electron chi connectivity index (χ3n) is 3.94. The first-order chi connectivity index (χ1) is 10.8. The molecule has 3 rings (SSSR count).